The largest absolute Gasteiger partial charge is 0.483 e. The fourth-order valence-electron chi connectivity index (χ4n) is 3.58. The fourth-order valence-corrected chi connectivity index (χ4v) is 3.90. The zero-order valence-corrected chi connectivity index (χ0v) is 22.0. The van der Waals surface area contributed by atoms with Crippen molar-refractivity contribution in [2.45, 2.75) is 73.0 Å². The van der Waals surface area contributed by atoms with Crippen molar-refractivity contribution in [2.75, 3.05) is 6.61 Å². The second-order valence-corrected chi connectivity index (χ2v) is 10.2. The minimum atomic E-state index is -0.657. The van der Waals surface area contributed by atoms with Crippen molar-refractivity contribution in [3.63, 3.8) is 0 Å². The Kier molecular flexibility index (Phi) is 9.21. The Morgan fingerprint density at radius 3 is 2.30 bits per heavy atom. The van der Waals surface area contributed by atoms with E-state index >= 15 is 0 Å². The first kappa shape index (κ1) is 27.0. The third-order valence-corrected chi connectivity index (χ3v) is 6.08. The maximum absolute atomic E-state index is 13.4. The van der Waals surface area contributed by atoms with E-state index in [1.807, 2.05) is 54.5 Å². The predicted molar refractivity (Wildman–Crippen MR) is 135 cm³/mol. The molecule has 0 saturated heterocycles. The van der Waals surface area contributed by atoms with Crippen molar-refractivity contribution in [1.29, 1.82) is 0 Å². The standard InChI is InChI=1S/C26H34Cl2N2O3/c1-8-22(25(32)29-26(5,6)7)30(14-19-9-10-20(27)21(28)13-19)24(31)15-33-23-12-16(2)11-17(3)18(23)4/h9-13,22H,8,14-15H2,1-7H3,(H,29,32). The van der Waals surface area contributed by atoms with Crippen LogP contribution in [0.3, 0.4) is 0 Å². The molecule has 0 fully saturated rings. The molecule has 0 spiro atoms. The maximum Gasteiger partial charge on any atom is 0.261 e. The van der Waals surface area contributed by atoms with E-state index in [2.05, 4.69) is 11.4 Å². The predicted octanol–water partition coefficient (Wildman–Crippen LogP) is 6.02. The van der Waals surface area contributed by atoms with Gasteiger partial charge in [0, 0.05) is 12.1 Å². The first-order valence-electron chi connectivity index (χ1n) is 11.1. The molecular formula is C26H34Cl2N2O3. The molecule has 7 heteroatoms. The second-order valence-electron chi connectivity index (χ2n) is 9.43. The zero-order chi connectivity index (χ0) is 24.9. The highest BCUT2D eigenvalue weighted by atomic mass is 35.5. The summed E-state index contributed by atoms with van der Waals surface area (Å²) in [6.45, 7) is 13.6. The summed E-state index contributed by atoms with van der Waals surface area (Å²) < 4.78 is 5.93. The lowest BCUT2D eigenvalue weighted by atomic mass is 10.1. The first-order valence-corrected chi connectivity index (χ1v) is 11.8. The zero-order valence-electron chi connectivity index (χ0n) is 20.5. The fraction of sp³-hybridized carbons (Fsp3) is 0.462. The van der Waals surface area contributed by atoms with E-state index < -0.39 is 11.6 Å². The highest BCUT2D eigenvalue weighted by Gasteiger charge is 2.31. The van der Waals surface area contributed by atoms with Crippen LogP contribution in [0.1, 0.15) is 56.4 Å². The molecule has 0 saturated carbocycles. The van der Waals surface area contributed by atoms with Gasteiger partial charge in [0.15, 0.2) is 6.61 Å². The van der Waals surface area contributed by atoms with E-state index in [-0.39, 0.29) is 25.0 Å². The van der Waals surface area contributed by atoms with E-state index in [0.29, 0.717) is 22.2 Å². The van der Waals surface area contributed by atoms with Gasteiger partial charge in [0.2, 0.25) is 5.91 Å². The van der Waals surface area contributed by atoms with Crippen LogP contribution < -0.4 is 10.1 Å². The van der Waals surface area contributed by atoms with Crippen LogP contribution in [0.15, 0.2) is 30.3 Å². The molecule has 0 radical (unpaired) electrons. The van der Waals surface area contributed by atoms with Crippen LogP contribution in [0.2, 0.25) is 10.0 Å². The Balaban J connectivity index is 2.32. The molecule has 180 valence electrons. The quantitative estimate of drug-likeness (QED) is 0.489. The minimum Gasteiger partial charge on any atom is -0.483 e. The summed E-state index contributed by atoms with van der Waals surface area (Å²) in [4.78, 5) is 28.0. The number of halogens is 2. The monoisotopic (exact) mass is 492 g/mol. The van der Waals surface area contributed by atoms with Crippen molar-refractivity contribution in [3.8, 4) is 5.75 Å². The number of nitrogens with zero attached hydrogens (tertiary/aromatic N) is 1. The molecule has 2 rings (SSSR count). The lowest BCUT2D eigenvalue weighted by Crippen LogP contribution is -2.54. The summed E-state index contributed by atoms with van der Waals surface area (Å²) in [6.07, 6.45) is 0.456. The third-order valence-electron chi connectivity index (χ3n) is 5.34. The molecule has 2 aromatic carbocycles. The lowest BCUT2D eigenvalue weighted by molar-refractivity contribution is -0.143. The van der Waals surface area contributed by atoms with E-state index in [9.17, 15) is 9.59 Å². The molecule has 2 amide bonds. The highest BCUT2D eigenvalue weighted by molar-refractivity contribution is 6.42. The van der Waals surface area contributed by atoms with E-state index in [1.54, 1.807) is 23.1 Å². The van der Waals surface area contributed by atoms with E-state index in [0.717, 1.165) is 22.3 Å². The third kappa shape index (κ3) is 7.65. The Bertz CT molecular complexity index is 1020. The SMILES string of the molecule is CCC(C(=O)NC(C)(C)C)N(Cc1ccc(Cl)c(Cl)c1)C(=O)COc1cc(C)cc(C)c1C. The molecule has 0 aliphatic carbocycles. The smallest absolute Gasteiger partial charge is 0.261 e. The van der Waals surface area contributed by atoms with Crippen molar-refractivity contribution >= 4 is 35.0 Å². The molecule has 0 aliphatic heterocycles. The van der Waals surface area contributed by atoms with Gasteiger partial charge in [-0.15, -0.1) is 0 Å². The Hall–Kier alpha value is -2.24. The van der Waals surface area contributed by atoms with Crippen LogP contribution in [0.5, 0.6) is 5.75 Å². The molecular weight excluding hydrogens is 459 g/mol. The van der Waals surface area contributed by atoms with Gasteiger partial charge in [0.1, 0.15) is 11.8 Å². The topological polar surface area (TPSA) is 58.6 Å². The minimum absolute atomic E-state index is 0.176. The van der Waals surface area contributed by atoms with Gasteiger partial charge in [-0.25, -0.2) is 0 Å². The number of ether oxygens (including phenoxy) is 1. The average Bonchev–Trinajstić information content (AvgIpc) is 2.70. The second kappa shape index (κ2) is 11.3. The summed E-state index contributed by atoms with van der Waals surface area (Å²) in [5.41, 5.74) is 3.50. The summed E-state index contributed by atoms with van der Waals surface area (Å²) in [5.74, 6) is 0.180. The van der Waals surface area contributed by atoms with E-state index in [4.69, 9.17) is 27.9 Å². The van der Waals surface area contributed by atoms with Gasteiger partial charge in [-0.05, 0) is 88.4 Å². The van der Waals surface area contributed by atoms with E-state index in [1.165, 1.54) is 0 Å². The van der Waals surface area contributed by atoms with Crippen LogP contribution in [-0.2, 0) is 16.1 Å². The van der Waals surface area contributed by atoms with Gasteiger partial charge in [-0.3, -0.25) is 9.59 Å². The van der Waals surface area contributed by atoms with Gasteiger partial charge >= 0.3 is 0 Å². The first-order chi connectivity index (χ1) is 15.3. The maximum atomic E-state index is 13.4. The Labute approximate surface area is 207 Å². The van der Waals surface area contributed by atoms with Crippen LogP contribution in [-0.4, -0.2) is 34.9 Å². The summed E-state index contributed by atoms with van der Waals surface area (Å²) >= 11 is 12.2. The van der Waals surface area contributed by atoms with Gasteiger partial charge in [0.05, 0.1) is 10.0 Å². The van der Waals surface area contributed by atoms with Crippen molar-refractivity contribution in [2.24, 2.45) is 0 Å². The Morgan fingerprint density at radius 2 is 1.73 bits per heavy atom. The number of amides is 2. The molecule has 1 atom stereocenters. The Morgan fingerprint density at radius 1 is 1.06 bits per heavy atom. The molecule has 2 aromatic rings. The average molecular weight is 493 g/mol. The number of hydrogen-bond donors (Lipinski definition) is 1. The molecule has 0 aromatic heterocycles. The normalized spacial score (nSPS) is 12.3. The van der Waals surface area contributed by atoms with Crippen LogP contribution in [0.4, 0.5) is 0 Å². The molecule has 1 N–H and O–H groups in total. The number of nitrogens with one attached hydrogen (secondary N) is 1. The lowest BCUT2D eigenvalue weighted by Gasteiger charge is -2.33. The summed E-state index contributed by atoms with van der Waals surface area (Å²) in [7, 11) is 0. The van der Waals surface area contributed by atoms with Gasteiger partial charge in [0.25, 0.3) is 5.91 Å². The number of benzene rings is 2. The van der Waals surface area contributed by atoms with Gasteiger partial charge < -0.3 is 15.0 Å². The molecule has 0 aliphatic rings. The van der Waals surface area contributed by atoms with Crippen LogP contribution >= 0.6 is 23.2 Å². The van der Waals surface area contributed by atoms with Crippen molar-refractivity contribution < 1.29 is 14.3 Å². The van der Waals surface area contributed by atoms with Crippen molar-refractivity contribution in [3.05, 3.63) is 62.6 Å². The number of carbonyl (C=O) groups excluding carboxylic acids is 2. The number of hydrogen-bond acceptors (Lipinski definition) is 3. The summed E-state index contributed by atoms with van der Waals surface area (Å²) in [5, 5.41) is 3.82. The molecule has 33 heavy (non-hydrogen) atoms. The molecule has 1 unspecified atom stereocenters. The summed E-state index contributed by atoms with van der Waals surface area (Å²) in [6, 6.07) is 8.54. The van der Waals surface area contributed by atoms with Crippen LogP contribution in [0.25, 0.3) is 0 Å². The highest BCUT2D eigenvalue weighted by Crippen LogP contribution is 2.25. The molecule has 0 heterocycles. The van der Waals surface area contributed by atoms with Gasteiger partial charge in [-0.1, -0.05) is 42.3 Å². The van der Waals surface area contributed by atoms with Crippen molar-refractivity contribution in [1.82, 2.24) is 10.2 Å². The van der Waals surface area contributed by atoms with Gasteiger partial charge in [-0.2, -0.15) is 0 Å². The van der Waals surface area contributed by atoms with Crippen LogP contribution in [0, 0.1) is 20.8 Å². The number of aryl methyl sites for hydroxylation is 2. The number of carbonyl (C=O) groups is 2. The number of rotatable bonds is 8. The molecule has 5 nitrogen and oxygen atoms in total. The molecule has 0 bridgehead atoms.